The number of carboxylic acids is 2. The van der Waals surface area contributed by atoms with Gasteiger partial charge >= 0.3 is 11.9 Å². The van der Waals surface area contributed by atoms with E-state index < -0.39 is 17.4 Å². The summed E-state index contributed by atoms with van der Waals surface area (Å²) >= 11 is 0. The smallest absolute Gasteiger partial charge is 0.321 e. The highest BCUT2D eigenvalue weighted by molar-refractivity contribution is 6.00. The zero-order valence-corrected chi connectivity index (χ0v) is 18.2. The van der Waals surface area contributed by atoms with Crippen LogP contribution in [0.3, 0.4) is 0 Å². The molecular formula is C27H22O6. The monoisotopic (exact) mass is 442 g/mol. The Morgan fingerprint density at radius 1 is 0.727 bits per heavy atom. The van der Waals surface area contributed by atoms with E-state index in [0.717, 1.165) is 11.1 Å². The van der Waals surface area contributed by atoms with Crippen molar-refractivity contribution in [1.29, 1.82) is 0 Å². The molecule has 6 heteroatoms. The summed E-state index contributed by atoms with van der Waals surface area (Å²) in [6.07, 6.45) is -0.277. The summed E-state index contributed by atoms with van der Waals surface area (Å²) in [7, 11) is 3.15. The number of carbonyl (C=O) groups is 2. The van der Waals surface area contributed by atoms with Gasteiger partial charge in [-0.05, 0) is 22.3 Å². The molecule has 0 atom stereocenters. The second-order valence-electron chi connectivity index (χ2n) is 9.02. The molecule has 0 saturated heterocycles. The number of benzene rings is 3. The third-order valence-electron chi connectivity index (χ3n) is 7.69. The van der Waals surface area contributed by atoms with Crippen molar-refractivity contribution in [1.82, 2.24) is 0 Å². The molecule has 0 aliphatic heterocycles. The van der Waals surface area contributed by atoms with Crippen LogP contribution in [0.5, 0.6) is 11.5 Å². The topological polar surface area (TPSA) is 93.1 Å². The standard InChI is InChI=1S/C27H22O6/c1-32-23-17-11-27(25(28)29,26(30)31)12-18(17)24(33-2)22-20-15-9-5-3-7-13(15)19(21(22)23)14-8-4-6-10-16(14)20/h3-10,19-20H,11-12H2,1-2H3,(H,28,29)(H,30,31). The first kappa shape index (κ1) is 19.9. The molecule has 6 nitrogen and oxygen atoms in total. The quantitative estimate of drug-likeness (QED) is 0.410. The normalized spacial score (nSPS) is 20.3. The lowest BCUT2D eigenvalue weighted by Gasteiger charge is -2.44. The fraction of sp³-hybridized carbons (Fsp3) is 0.259. The number of rotatable bonds is 4. The molecule has 7 rings (SSSR count). The minimum atomic E-state index is -1.94. The Kier molecular flexibility index (Phi) is 3.97. The van der Waals surface area contributed by atoms with E-state index in [1.165, 1.54) is 22.3 Å². The molecule has 2 bridgehead atoms. The summed E-state index contributed by atoms with van der Waals surface area (Å²) in [6, 6.07) is 16.6. The average molecular weight is 442 g/mol. The highest BCUT2D eigenvalue weighted by Gasteiger charge is 2.55. The van der Waals surface area contributed by atoms with Gasteiger partial charge in [-0.15, -0.1) is 0 Å². The average Bonchev–Trinajstić information content (AvgIpc) is 3.24. The number of hydrogen-bond donors (Lipinski definition) is 2. The third-order valence-corrected chi connectivity index (χ3v) is 7.69. The molecule has 0 fully saturated rings. The summed E-state index contributed by atoms with van der Waals surface area (Å²) in [4.78, 5) is 24.4. The van der Waals surface area contributed by atoms with Crippen molar-refractivity contribution in [3.8, 4) is 11.5 Å². The maximum absolute atomic E-state index is 12.2. The van der Waals surface area contributed by atoms with Crippen LogP contribution in [0.2, 0.25) is 0 Å². The van der Waals surface area contributed by atoms with E-state index in [4.69, 9.17) is 9.47 Å². The number of ether oxygens (including phenoxy) is 2. The van der Waals surface area contributed by atoms with Crippen molar-refractivity contribution in [3.05, 3.63) is 93.0 Å². The van der Waals surface area contributed by atoms with Crippen molar-refractivity contribution in [2.75, 3.05) is 14.2 Å². The van der Waals surface area contributed by atoms with Gasteiger partial charge in [0.25, 0.3) is 0 Å². The molecule has 3 aromatic rings. The van der Waals surface area contributed by atoms with Gasteiger partial charge in [-0.3, -0.25) is 9.59 Å². The molecule has 4 aliphatic rings. The van der Waals surface area contributed by atoms with E-state index in [0.29, 0.717) is 22.6 Å². The second-order valence-corrected chi connectivity index (χ2v) is 9.02. The Bertz CT molecular complexity index is 1220. The van der Waals surface area contributed by atoms with Crippen LogP contribution in [0.25, 0.3) is 0 Å². The predicted octanol–water partition coefficient (Wildman–Crippen LogP) is 3.95. The summed E-state index contributed by atoms with van der Waals surface area (Å²) in [5, 5.41) is 19.9. The first-order chi connectivity index (χ1) is 15.9. The molecule has 0 amide bonds. The summed E-state index contributed by atoms with van der Waals surface area (Å²) in [5.41, 5.74) is 5.99. The Balaban J connectivity index is 1.72. The third kappa shape index (κ3) is 2.28. The van der Waals surface area contributed by atoms with E-state index in [2.05, 4.69) is 24.3 Å². The van der Waals surface area contributed by atoms with Crippen molar-refractivity contribution >= 4 is 11.9 Å². The Labute approximate surface area is 190 Å². The molecule has 0 radical (unpaired) electrons. The molecule has 166 valence electrons. The summed E-state index contributed by atoms with van der Waals surface area (Å²) in [5.74, 6) is -1.72. The van der Waals surface area contributed by atoms with E-state index in [1.807, 2.05) is 24.3 Å². The van der Waals surface area contributed by atoms with Gasteiger partial charge in [-0.25, -0.2) is 0 Å². The largest absolute Gasteiger partial charge is 0.496 e. The lowest BCUT2D eigenvalue weighted by atomic mass is 9.60. The number of methoxy groups -OCH3 is 2. The van der Waals surface area contributed by atoms with Crippen LogP contribution in [-0.2, 0) is 22.4 Å². The molecule has 0 saturated carbocycles. The van der Waals surface area contributed by atoms with Crippen LogP contribution in [-0.4, -0.2) is 36.4 Å². The summed E-state index contributed by atoms with van der Waals surface area (Å²) < 4.78 is 11.9. The van der Waals surface area contributed by atoms with Crippen molar-refractivity contribution < 1.29 is 29.3 Å². The van der Waals surface area contributed by atoms with Crippen LogP contribution in [0.15, 0.2) is 48.5 Å². The number of aliphatic carboxylic acids is 2. The first-order valence-electron chi connectivity index (χ1n) is 10.9. The van der Waals surface area contributed by atoms with Gasteiger partial charge in [0.2, 0.25) is 0 Å². The van der Waals surface area contributed by atoms with Gasteiger partial charge in [0.1, 0.15) is 11.5 Å². The zero-order chi connectivity index (χ0) is 23.1. The van der Waals surface area contributed by atoms with Crippen LogP contribution in [0, 0.1) is 5.41 Å². The van der Waals surface area contributed by atoms with Crippen molar-refractivity contribution in [3.63, 3.8) is 0 Å². The lowest BCUT2D eigenvalue weighted by Crippen LogP contribution is -2.40. The van der Waals surface area contributed by atoms with Crippen LogP contribution < -0.4 is 9.47 Å². The maximum Gasteiger partial charge on any atom is 0.321 e. The molecule has 0 spiro atoms. The maximum atomic E-state index is 12.2. The Morgan fingerprint density at radius 2 is 1.06 bits per heavy atom. The Hall–Kier alpha value is -3.80. The highest BCUT2D eigenvalue weighted by atomic mass is 16.5. The van der Waals surface area contributed by atoms with Crippen LogP contribution in [0.1, 0.15) is 56.3 Å². The van der Waals surface area contributed by atoms with E-state index in [1.54, 1.807) is 14.2 Å². The SMILES string of the molecule is COc1c2c(c(OC)c3c1C1c4ccccc4C3c3ccccc31)CC(C(=O)O)(C(=O)O)C2. The predicted molar refractivity (Wildman–Crippen MR) is 119 cm³/mol. The van der Waals surface area contributed by atoms with E-state index in [-0.39, 0.29) is 24.7 Å². The molecule has 33 heavy (non-hydrogen) atoms. The van der Waals surface area contributed by atoms with E-state index in [9.17, 15) is 19.8 Å². The lowest BCUT2D eigenvalue weighted by molar-refractivity contribution is -0.163. The van der Waals surface area contributed by atoms with Gasteiger partial charge in [-0.2, -0.15) is 0 Å². The second kappa shape index (κ2) is 6.61. The fourth-order valence-electron chi connectivity index (χ4n) is 6.35. The van der Waals surface area contributed by atoms with Crippen LogP contribution >= 0.6 is 0 Å². The van der Waals surface area contributed by atoms with Gasteiger partial charge in [0, 0.05) is 46.9 Å². The number of carboxylic acid groups (broad SMARTS) is 2. The van der Waals surface area contributed by atoms with Crippen molar-refractivity contribution in [2.24, 2.45) is 5.41 Å². The molecule has 0 heterocycles. The molecule has 0 unspecified atom stereocenters. The molecule has 0 aromatic heterocycles. The van der Waals surface area contributed by atoms with Crippen LogP contribution in [0.4, 0.5) is 0 Å². The minimum Gasteiger partial charge on any atom is -0.496 e. The molecule has 2 N–H and O–H groups in total. The van der Waals surface area contributed by atoms with Gasteiger partial charge in [-0.1, -0.05) is 48.5 Å². The molecule has 4 aliphatic carbocycles. The zero-order valence-electron chi connectivity index (χ0n) is 18.2. The minimum absolute atomic E-state index is 0.101. The highest BCUT2D eigenvalue weighted by Crippen LogP contribution is 2.63. The summed E-state index contributed by atoms with van der Waals surface area (Å²) in [6.45, 7) is 0. The van der Waals surface area contributed by atoms with Gasteiger partial charge in [0.05, 0.1) is 14.2 Å². The number of fused-ring (bicyclic) bond motifs is 1. The molecular weight excluding hydrogens is 420 g/mol. The van der Waals surface area contributed by atoms with Gasteiger partial charge < -0.3 is 19.7 Å². The number of hydrogen-bond acceptors (Lipinski definition) is 4. The molecule has 3 aromatic carbocycles. The Morgan fingerprint density at radius 3 is 1.33 bits per heavy atom. The van der Waals surface area contributed by atoms with Crippen molar-refractivity contribution in [2.45, 2.75) is 24.7 Å². The van der Waals surface area contributed by atoms with E-state index >= 15 is 0 Å². The fourth-order valence-corrected chi connectivity index (χ4v) is 6.35. The van der Waals surface area contributed by atoms with Gasteiger partial charge in [0.15, 0.2) is 5.41 Å². The first-order valence-corrected chi connectivity index (χ1v) is 10.9.